The van der Waals surface area contributed by atoms with Crippen LogP contribution in [0.5, 0.6) is 0 Å². The van der Waals surface area contributed by atoms with Crippen molar-refractivity contribution in [2.24, 2.45) is 0 Å². The van der Waals surface area contributed by atoms with Crippen molar-refractivity contribution < 1.29 is 12.9 Å². The summed E-state index contributed by atoms with van der Waals surface area (Å²) in [6, 6.07) is 19.3. The fraction of sp³-hybridized carbons (Fsp3) is 0.179. The van der Waals surface area contributed by atoms with Gasteiger partial charge >= 0.3 is 0 Å². The second-order valence-corrected chi connectivity index (χ2v) is 9.06. The quantitative estimate of drug-likeness (QED) is 0.275. The molecule has 0 bridgehead atoms. The van der Waals surface area contributed by atoms with Gasteiger partial charge in [-0.25, -0.2) is 0 Å². The third kappa shape index (κ3) is 2.63. The van der Waals surface area contributed by atoms with Crippen molar-refractivity contribution in [1.82, 2.24) is 4.98 Å². The van der Waals surface area contributed by atoms with Crippen molar-refractivity contribution in [1.29, 1.82) is 0 Å². The lowest BCUT2D eigenvalue weighted by Gasteiger charge is -2.19. The first-order valence-electron chi connectivity index (χ1n) is 11.9. The van der Waals surface area contributed by atoms with Crippen molar-refractivity contribution in [3.8, 4) is 11.3 Å². The van der Waals surface area contributed by atoms with Gasteiger partial charge in [-0.15, -0.1) is 0 Å². The van der Waals surface area contributed by atoms with E-state index in [9.17, 15) is 0 Å². The van der Waals surface area contributed by atoms with Gasteiger partial charge in [-0.1, -0.05) is 45.0 Å². The van der Waals surface area contributed by atoms with E-state index in [1.165, 1.54) is 0 Å². The summed E-state index contributed by atoms with van der Waals surface area (Å²) in [5.41, 5.74) is 5.29. The average molecular weight is 409 g/mol. The zero-order valence-electron chi connectivity index (χ0n) is 20.6. The van der Waals surface area contributed by atoms with E-state index in [0.717, 1.165) is 38.6 Å². The molecule has 3 nitrogen and oxygen atoms in total. The van der Waals surface area contributed by atoms with Crippen LogP contribution in [-0.4, -0.2) is 4.98 Å². The third-order valence-corrected chi connectivity index (χ3v) is 6.03. The first-order valence-corrected chi connectivity index (χ1v) is 10.4. The number of benzene rings is 3. The predicted molar refractivity (Wildman–Crippen MR) is 128 cm³/mol. The number of nitrogens with zero attached hydrogens (tertiary/aromatic N) is 1. The maximum absolute atomic E-state index is 8.16. The minimum absolute atomic E-state index is 0.0518. The Bertz CT molecular complexity index is 1730. The van der Waals surface area contributed by atoms with Gasteiger partial charge in [0.25, 0.3) is 0 Å². The molecule has 0 unspecified atom stereocenters. The molecule has 31 heavy (non-hydrogen) atoms. The highest BCUT2D eigenvalue weighted by molar-refractivity contribution is 6.20. The van der Waals surface area contributed by atoms with Gasteiger partial charge in [0.1, 0.15) is 11.2 Å². The lowest BCUT2D eigenvalue weighted by atomic mass is 9.87. The van der Waals surface area contributed by atoms with Gasteiger partial charge in [-0.05, 0) is 59.8 Å². The van der Waals surface area contributed by atoms with Gasteiger partial charge < -0.3 is 8.83 Å². The highest BCUT2D eigenvalue weighted by Crippen LogP contribution is 2.42. The Kier molecular flexibility index (Phi) is 3.05. The summed E-state index contributed by atoms with van der Waals surface area (Å²) in [4.78, 5) is 4.61. The minimum Gasteiger partial charge on any atom is -0.452 e. The van der Waals surface area contributed by atoms with E-state index in [1.54, 1.807) is 18.3 Å². The van der Waals surface area contributed by atoms with Gasteiger partial charge in [0, 0.05) is 37.4 Å². The Morgan fingerprint density at radius 3 is 2.45 bits per heavy atom. The van der Waals surface area contributed by atoms with Crippen LogP contribution in [0.1, 0.15) is 36.0 Å². The number of furan rings is 2. The molecule has 152 valence electrons. The van der Waals surface area contributed by atoms with E-state index in [-0.39, 0.29) is 11.0 Å². The molecule has 0 aliphatic carbocycles. The zero-order valence-corrected chi connectivity index (χ0v) is 17.6. The van der Waals surface area contributed by atoms with E-state index in [0.29, 0.717) is 22.1 Å². The van der Waals surface area contributed by atoms with E-state index in [4.69, 9.17) is 12.9 Å². The molecule has 0 saturated carbocycles. The van der Waals surface area contributed by atoms with Crippen LogP contribution >= 0.6 is 0 Å². The van der Waals surface area contributed by atoms with Crippen molar-refractivity contribution in [2.75, 3.05) is 0 Å². The average Bonchev–Trinajstić information content (AvgIpc) is 3.36. The molecular weight excluding hydrogens is 382 g/mol. The first-order chi connectivity index (χ1) is 16.1. The largest absolute Gasteiger partial charge is 0.452 e. The summed E-state index contributed by atoms with van der Waals surface area (Å²) in [7, 11) is 0. The molecule has 0 atom stereocenters. The zero-order chi connectivity index (χ0) is 23.8. The number of aromatic nitrogens is 1. The maximum Gasteiger partial charge on any atom is 0.178 e. The highest BCUT2D eigenvalue weighted by atomic mass is 16.4. The monoisotopic (exact) mass is 408 g/mol. The smallest absolute Gasteiger partial charge is 0.178 e. The van der Waals surface area contributed by atoms with Gasteiger partial charge in [0.15, 0.2) is 11.2 Å². The molecule has 0 radical (unpaired) electrons. The molecule has 6 rings (SSSR count). The first kappa shape index (κ1) is 15.2. The lowest BCUT2D eigenvalue weighted by Crippen LogP contribution is -2.11. The predicted octanol–water partition coefficient (Wildman–Crippen LogP) is 8.15. The Morgan fingerprint density at radius 2 is 1.61 bits per heavy atom. The molecule has 0 fully saturated rings. The number of pyridine rings is 1. The fourth-order valence-corrected chi connectivity index (χ4v) is 4.37. The van der Waals surface area contributed by atoms with Crippen LogP contribution in [0, 0.1) is 6.85 Å². The maximum atomic E-state index is 8.16. The highest BCUT2D eigenvalue weighted by Gasteiger charge is 2.21. The molecule has 3 aromatic heterocycles. The molecular formula is C28H23NO2. The Morgan fingerprint density at radius 1 is 0.806 bits per heavy atom. The number of hydrogen-bond acceptors (Lipinski definition) is 3. The van der Waals surface area contributed by atoms with Crippen LogP contribution < -0.4 is 0 Å². The summed E-state index contributed by atoms with van der Waals surface area (Å²) in [5.74, 6) is 0. The molecule has 0 spiro atoms. The van der Waals surface area contributed by atoms with Gasteiger partial charge in [-0.3, -0.25) is 4.98 Å². The summed E-state index contributed by atoms with van der Waals surface area (Å²) < 4.78 is 37.1. The summed E-state index contributed by atoms with van der Waals surface area (Å²) in [5, 5.41) is 3.24. The van der Waals surface area contributed by atoms with Crippen LogP contribution in [0.4, 0.5) is 0 Å². The number of aryl methyl sites for hydroxylation is 1. The summed E-state index contributed by atoms with van der Waals surface area (Å²) in [6.45, 7) is 4.16. The number of rotatable bonds is 1. The van der Waals surface area contributed by atoms with Crippen molar-refractivity contribution in [3.63, 3.8) is 0 Å². The minimum atomic E-state index is -2.29. The fourth-order valence-electron chi connectivity index (χ4n) is 4.37. The Balaban J connectivity index is 1.74. The standard InChI is InChI=1S/C28H23NO2/c1-16-9-10-20(22-15-17(13-14-29-22)28(2,3)4)25-24(16)21-12-11-19-18-7-5-6-8-23(18)30-26(19)27(21)31-25/h5-15H,1-4H3/i1D3. The molecule has 0 amide bonds. The molecule has 3 heterocycles. The third-order valence-electron chi connectivity index (χ3n) is 6.03. The number of hydrogen-bond donors (Lipinski definition) is 0. The van der Waals surface area contributed by atoms with Crippen LogP contribution in [0.15, 0.2) is 75.7 Å². The van der Waals surface area contributed by atoms with Crippen molar-refractivity contribution >= 4 is 43.9 Å². The van der Waals surface area contributed by atoms with Gasteiger partial charge in [0.05, 0.1) is 5.69 Å². The molecule has 3 heteroatoms. The van der Waals surface area contributed by atoms with Crippen molar-refractivity contribution in [3.05, 3.63) is 78.0 Å². The number of fused-ring (bicyclic) bond motifs is 7. The Labute approximate surface area is 184 Å². The normalized spacial score (nSPS) is 14.4. The van der Waals surface area contributed by atoms with Crippen LogP contribution in [0.3, 0.4) is 0 Å². The lowest BCUT2D eigenvalue weighted by molar-refractivity contribution is 0.589. The topological polar surface area (TPSA) is 39.2 Å². The van der Waals surface area contributed by atoms with Gasteiger partial charge in [-0.2, -0.15) is 0 Å². The Hall–Kier alpha value is -3.59. The summed E-state index contributed by atoms with van der Waals surface area (Å²) >= 11 is 0. The number of para-hydroxylation sites is 1. The van der Waals surface area contributed by atoms with Gasteiger partial charge in [0.2, 0.25) is 0 Å². The van der Waals surface area contributed by atoms with E-state index < -0.39 is 6.85 Å². The van der Waals surface area contributed by atoms with Crippen LogP contribution in [-0.2, 0) is 5.41 Å². The second kappa shape index (κ2) is 6.21. The van der Waals surface area contributed by atoms with E-state index >= 15 is 0 Å². The summed E-state index contributed by atoms with van der Waals surface area (Å²) in [6.07, 6.45) is 1.79. The molecule has 0 aliphatic rings. The second-order valence-electron chi connectivity index (χ2n) is 9.06. The van der Waals surface area contributed by atoms with Crippen molar-refractivity contribution in [2.45, 2.75) is 33.0 Å². The molecule has 6 aromatic rings. The SMILES string of the molecule is [2H]C([2H])([2H])c1ccc(-c2cc(C(C)(C)C)ccn2)c2oc3c(ccc4c5ccccc5oc43)c12. The van der Waals surface area contributed by atoms with E-state index in [2.05, 4.69) is 25.8 Å². The molecule has 0 aliphatic heterocycles. The molecule has 0 N–H and O–H groups in total. The van der Waals surface area contributed by atoms with Crippen LogP contribution in [0.2, 0.25) is 0 Å². The molecule has 3 aromatic carbocycles. The van der Waals surface area contributed by atoms with E-state index in [1.807, 2.05) is 48.5 Å². The van der Waals surface area contributed by atoms with Crippen LogP contribution in [0.25, 0.3) is 55.1 Å². The molecule has 0 saturated heterocycles.